The number of amides is 1. The molecule has 1 aromatic carbocycles. The van der Waals surface area contributed by atoms with Gasteiger partial charge in [-0.1, -0.05) is 0 Å². The van der Waals surface area contributed by atoms with E-state index in [9.17, 15) is 9.59 Å². The van der Waals surface area contributed by atoms with Crippen LogP contribution in [0.25, 0.3) is 0 Å². The average Bonchev–Trinajstić information content (AvgIpc) is 2.46. The Morgan fingerprint density at radius 3 is 2.45 bits per heavy atom. The maximum absolute atomic E-state index is 12.2. The molecule has 1 rings (SSSR count). The first kappa shape index (κ1) is 15.8. The Labute approximate surface area is 118 Å². The van der Waals surface area contributed by atoms with E-state index in [4.69, 9.17) is 9.47 Å². The Kier molecular flexibility index (Phi) is 5.83. The molecule has 0 spiro atoms. The monoisotopic (exact) mass is 281 g/mol. The van der Waals surface area contributed by atoms with Crippen molar-refractivity contribution in [2.24, 2.45) is 0 Å². The molecule has 6 heteroatoms. The minimum absolute atomic E-state index is 0.106. The van der Waals surface area contributed by atoms with Crippen LogP contribution < -0.4 is 9.47 Å². The van der Waals surface area contributed by atoms with Gasteiger partial charge in [-0.05, 0) is 25.1 Å². The lowest BCUT2D eigenvalue weighted by atomic mass is 10.1. The lowest BCUT2D eigenvalue weighted by Crippen LogP contribution is -2.32. The number of methoxy groups -OCH3 is 2. The molecule has 0 heterocycles. The summed E-state index contributed by atoms with van der Waals surface area (Å²) in [5, 5.41) is 0. The van der Waals surface area contributed by atoms with Crippen molar-refractivity contribution < 1.29 is 23.8 Å². The minimum atomic E-state index is -0.473. The van der Waals surface area contributed by atoms with Gasteiger partial charge in [0.2, 0.25) is 0 Å². The number of benzene rings is 1. The van der Waals surface area contributed by atoms with Crippen molar-refractivity contribution in [3.05, 3.63) is 23.8 Å². The third kappa shape index (κ3) is 3.88. The van der Waals surface area contributed by atoms with E-state index in [-0.39, 0.29) is 12.5 Å². The summed E-state index contributed by atoms with van der Waals surface area (Å²) < 4.78 is 15.1. The van der Waals surface area contributed by atoms with Crippen molar-refractivity contribution in [2.45, 2.75) is 6.92 Å². The first-order chi connectivity index (χ1) is 9.53. The van der Waals surface area contributed by atoms with Gasteiger partial charge in [0.15, 0.2) is 11.5 Å². The van der Waals surface area contributed by atoms with Crippen LogP contribution in [0.2, 0.25) is 0 Å². The van der Waals surface area contributed by atoms with Gasteiger partial charge in [-0.25, -0.2) is 0 Å². The van der Waals surface area contributed by atoms with E-state index in [1.807, 2.05) is 6.92 Å². The standard InChI is InChI=1S/C14H19NO5/c1-5-20-12-8-10(6-7-11(12)18-3)14(17)15(2)9-13(16)19-4/h6-8H,5,9H2,1-4H3. The smallest absolute Gasteiger partial charge is 0.325 e. The number of carbonyl (C=O) groups is 2. The largest absolute Gasteiger partial charge is 0.493 e. The third-order valence-corrected chi connectivity index (χ3v) is 2.65. The lowest BCUT2D eigenvalue weighted by molar-refractivity contribution is -0.141. The van der Waals surface area contributed by atoms with E-state index < -0.39 is 5.97 Å². The van der Waals surface area contributed by atoms with Gasteiger partial charge >= 0.3 is 5.97 Å². The molecule has 1 aromatic rings. The fourth-order valence-corrected chi connectivity index (χ4v) is 1.63. The highest BCUT2D eigenvalue weighted by molar-refractivity contribution is 5.96. The zero-order valence-electron chi connectivity index (χ0n) is 12.1. The number of hydrogen-bond acceptors (Lipinski definition) is 5. The molecular weight excluding hydrogens is 262 g/mol. The van der Waals surface area contributed by atoms with Crippen molar-refractivity contribution in [2.75, 3.05) is 34.4 Å². The normalized spacial score (nSPS) is 9.80. The number of esters is 1. The molecule has 110 valence electrons. The second-order valence-corrected chi connectivity index (χ2v) is 4.04. The second kappa shape index (κ2) is 7.37. The van der Waals surface area contributed by atoms with E-state index in [0.717, 1.165) is 0 Å². The van der Waals surface area contributed by atoms with Crippen LogP contribution in [0.3, 0.4) is 0 Å². The van der Waals surface area contributed by atoms with Gasteiger partial charge in [0, 0.05) is 12.6 Å². The maximum atomic E-state index is 12.2. The topological polar surface area (TPSA) is 65.1 Å². The van der Waals surface area contributed by atoms with Gasteiger partial charge in [-0.2, -0.15) is 0 Å². The van der Waals surface area contributed by atoms with Crippen LogP contribution in [0.15, 0.2) is 18.2 Å². The van der Waals surface area contributed by atoms with Gasteiger partial charge < -0.3 is 19.1 Å². The van der Waals surface area contributed by atoms with E-state index in [1.54, 1.807) is 18.2 Å². The molecule has 0 radical (unpaired) electrons. The van der Waals surface area contributed by atoms with Crippen LogP contribution in [0, 0.1) is 0 Å². The molecule has 0 saturated heterocycles. The van der Waals surface area contributed by atoms with Crippen LogP contribution in [0.4, 0.5) is 0 Å². The van der Waals surface area contributed by atoms with Crippen LogP contribution in [-0.4, -0.2) is 51.2 Å². The van der Waals surface area contributed by atoms with Gasteiger partial charge in [0.1, 0.15) is 6.54 Å². The van der Waals surface area contributed by atoms with Gasteiger partial charge in [-0.15, -0.1) is 0 Å². The number of carbonyl (C=O) groups excluding carboxylic acids is 2. The quantitative estimate of drug-likeness (QED) is 0.736. The zero-order valence-corrected chi connectivity index (χ0v) is 12.1. The fourth-order valence-electron chi connectivity index (χ4n) is 1.63. The van der Waals surface area contributed by atoms with Crippen LogP contribution in [0.1, 0.15) is 17.3 Å². The summed E-state index contributed by atoms with van der Waals surface area (Å²) in [6, 6.07) is 4.88. The van der Waals surface area contributed by atoms with Crippen molar-refractivity contribution in [3.63, 3.8) is 0 Å². The third-order valence-electron chi connectivity index (χ3n) is 2.65. The Morgan fingerprint density at radius 1 is 1.20 bits per heavy atom. The maximum Gasteiger partial charge on any atom is 0.325 e. The summed E-state index contributed by atoms with van der Waals surface area (Å²) in [5.74, 6) is 0.282. The number of hydrogen-bond donors (Lipinski definition) is 0. The fraction of sp³-hybridized carbons (Fsp3) is 0.429. The highest BCUT2D eigenvalue weighted by atomic mass is 16.5. The average molecular weight is 281 g/mol. The predicted molar refractivity (Wildman–Crippen MR) is 73.1 cm³/mol. The molecule has 0 atom stereocenters. The first-order valence-corrected chi connectivity index (χ1v) is 6.16. The molecule has 6 nitrogen and oxygen atoms in total. The molecule has 0 saturated carbocycles. The Balaban J connectivity index is 2.92. The molecule has 0 aromatic heterocycles. The predicted octanol–water partition coefficient (Wildman–Crippen LogP) is 1.34. The number of nitrogens with zero attached hydrogens (tertiary/aromatic N) is 1. The Bertz CT molecular complexity index is 486. The number of ether oxygens (including phenoxy) is 3. The van der Waals surface area contributed by atoms with Crippen molar-refractivity contribution >= 4 is 11.9 Å². The molecule has 1 amide bonds. The lowest BCUT2D eigenvalue weighted by Gasteiger charge is -2.17. The van der Waals surface area contributed by atoms with Gasteiger partial charge in [0.25, 0.3) is 5.91 Å². The van der Waals surface area contributed by atoms with Crippen LogP contribution in [0.5, 0.6) is 11.5 Å². The summed E-state index contributed by atoms with van der Waals surface area (Å²) in [6.07, 6.45) is 0. The van der Waals surface area contributed by atoms with Crippen LogP contribution >= 0.6 is 0 Å². The van der Waals surface area contributed by atoms with E-state index in [0.29, 0.717) is 23.7 Å². The molecule has 0 aliphatic rings. The summed E-state index contributed by atoms with van der Waals surface area (Å²) in [6.45, 7) is 2.20. The van der Waals surface area contributed by atoms with Crippen LogP contribution in [-0.2, 0) is 9.53 Å². The summed E-state index contributed by atoms with van der Waals surface area (Å²) in [7, 11) is 4.34. The molecule has 20 heavy (non-hydrogen) atoms. The molecular formula is C14H19NO5. The summed E-state index contributed by atoms with van der Waals surface area (Å²) >= 11 is 0. The Hall–Kier alpha value is -2.24. The molecule has 0 aliphatic carbocycles. The van der Waals surface area contributed by atoms with Gasteiger partial charge in [0.05, 0.1) is 20.8 Å². The van der Waals surface area contributed by atoms with Crippen molar-refractivity contribution in [1.82, 2.24) is 4.90 Å². The number of rotatable bonds is 6. The molecule has 0 aliphatic heterocycles. The van der Waals surface area contributed by atoms with Crippen molar-refractivity contribution in [3.8, 4) is 11.5 Å². The number of likely N-dealkylation sites (N-methyl/N-ethyl adjacent to an activating group) is 1. The van der Waals surface area contributed by atoms with E-state index in [1.165, 1.54) is 26.2 Å². The van der Waals surface area contributed by atoms with Gasteiger partial charge in [-0.3, -0.25) is 9.59 Å². The van der Waals surface area contributed by atoms with Crippen molar-refractivity contribution in [1.29, 1.82) is 0 Å². The van der Waals surface area contributed by atoms with E-state index >= 15 is 0 Å². The van der Waals surface area contributed by atoms with E-state index in [2.05, 4.69) is 4.74 Å². The summed E-state index contributed by atoms with van der Waals surface area (Å²) in [5.41, 5.74) is 0.417. The molecule has 0 N–H and O–H groups in total. The molecule has 0 unspecified atom stereocenters. The molecule has 0 bridgehead atoms. The first-order valence-electron chi connectivity index (χ1n) is 6.16. The SMILES string of the molecule is CCOc1cc(C(=O)N(C)CC(=O)OC)ccc1OC. The summed E-state index contributed by atoms with van der Waals surface area (Å²) in [4.78, 5) is 24.6. The minimum Gasteiger partial charge on any atom is -0.493 e. The highest BCUT2D eigenvalue weighted by Crippen LogP contribution is 2.28. The Morgan fingerprint density at radius 2 is 1.90 bits per heavy atom. The zero-order chi connectivity index (χ0) is 15.1. The highest BCUT2D eigenvalue weighted by Gasteiger charge is 2.17. The molecule has 0 fully saturated rings. The second-order valence-electron chi connectivity index (χ2n) is 4.04.